The van der Waals surface area contributed by atoms with Crippen LogP contribution in [0, 0.1) is 6.92 Å². The zero-order valence-electron chi connectivity index (χ0n) is 26.3. The van der Waals surface area contributed by atoms with Gasteiger partial charge in [-0.25, -0.2) is 14.9 Å². The molecule has 10 nitrogen and oxygen atoms in total. The molecule has 2 atom stereocenters. The van der Waals surface area contributed by atoms with E-state index >= 15 is 0 Å². The number of para-hydroxylation sites is 1. The van der Waals surface area contributed by atoms with Gasteiger partial charge < -0.3 is 30.1 Å². The average molecular weight is 625 g/mol. The number of benzene rings is 3. The van der Waals surface area contributed by atoms with Crippen LogP contribution < -0.4 is 26.1 Å². The molecular formula is C33H44N4O6S. The number of fused-ring (bicyclic) bond motifs is 1. The summed E-state index contributed by atoms with van der Waals surface area (Å²) in [6, 6.07) is 17.6. The van der Waals surface area contributed by atoms with Crippen LogP contribution in [0.5, 0.6) is 11.5 Å². The summed E-state index contributed by atoms with van der Waals surface area (Å²) >= 11 is 1.67. The third-order valence-corrected chi connectivity index (χ3v) is 7.97. The fourth-order valence-electron chi connectivity index (χ4n) is 5.00. The molecule has 0 saturated heterocycles. The van der Waals surface area contributed by atoms with Crippen molar-refractivity contribution in [1.82, 2.24) is 4.31 Å². The summed E-state index contributed by atoms with van der Waals surface area (Å²) in [6.07, 6.45) is 0.0652. The number of hydrogen-bond donors (Lipinski definition) is 3. The van der Waals surface area contributed by atoms with Crippen LogP contribution in [0.15, 0.2) is 59.5 Å². The molecule has 0 aliphatic carbocycles. The van der Waals surface area contributed by atoms with E-state index in [4.69, 9.17) is 25.8 Å². The zero-order valence-corrected chi connectivity index (χ0v) is 27.1. The van der Waals surface area contributed by atoms with E-state index in [0.29, 0.717) is 23.5 Å². The smallest absolute Gasteiger partial charge is 0.341 e. The van der Waals surface area contributed by atoms with Crippen LogP contribution in [0.1, 0.15) is 62.3 Å². The van der Waals surface area contributed by atoms with Crippen LogP contribution in [0.4, 0.5) is 11.4 Å². The van der Waals surface area contributed by atoms with Crippen molar-refractivity contribution >= 4 is 35.3 Å². The summed E-state index contributed by atoms with van der Waals surface area (Å²) in [5.74, 6) is 5.15. The molecule has 11 heteroatoms. The third kappa shape index (κ3) is 9.04. The van der Waals surface area contributed by atoms with Gasteiger partial charge in [-0.3, -0.25) is 4.79 Å². The predicted octanol–water partition coefficient (Wildman–Crippen LogP) is 5.75. The number of hydrogen-bond acceptors (Lipinski definition) is 10. The zero-order chi connectivity index (χ0) is 32.4. The van der Waals surface area contributed by atoms with E-state index in [9.17, 15) is 14.7 Å². The van der Waals surface area contributed by atoms with Gasteiger partial charge in [0, 0.05) is 26.1 Å². The maximum absolute atomic E-state index is 12.8. The highest BCUT2D eigenvalue weighted by Gasteiger charge is 2.26. The van der Waals surface area contributed by atoms with E-state index in [0.717, 1.165) is 33.9 Å². The Morgan fingerprint density at radius 1 is 1.16 bits per heavy atom. The van der Waals surface area contributed by atoms with E-state index in [2.05, 4.69) is 30.3 Å². The quantitative estimate of drug-likeness (QED) is 0.0789. The molecule has 0 amide bonds. The first-order valence-electron chi connectivity index (χ1n) is 14.8. The summed E-state index contributed by atoms with van der Waals surface area (Å²) in [5, 5.41) is 10.5. The molecule has 238 valence electrons. The topological polar surface area (TPSA) is 141 Å². The minimum atomic E-state index is -1.13. The number of carbonyl (C=O) groups is 2. The lowest BCUT2D eigenvalue weighted by molar-refractivity contribution is -0.143. The third-order valence-electron chi connectivity index (χ3n) is 6.90. The maximum Gasteiger partial charge on any atom is 0.341 e. The van der Waals surface area contributed by atoms with E-state index in [1.165, 1.54) is 5.01 Å². The number of carboxylic acid groups (broad SMARTS) is 1. The SMILES string of the molecule is CC.CCOC(=O)CC(c1ccc(C)c(CN2CC(C)Oc3ccccc3S2)c1)c1cc(N)c(N(C)N)c(OCC(=O)O)c1. The van der Waals surface area contributed by atoms with E-state index < -0.39 is 18.5 Å². The van der Waals surface area contributed by atoms with Gasteiger partial charge in [0.2, 0.25) is 0 Å². The van der Waals surface area contributed by atoms with Gasteiger partial charge in [-0.1, -0.05) is 44.2 Å². The van der Waals surface area contributed by atoms with Crippen LogP contribution in [-0.2, 0) is 20.9 Å². The van der Waals surface area contributed by atoms with Gasteiger partial charge >= 0.3 is 11.9 Å². The molecule has 0 saturated carbocycles. The number of carbonyl (C=O) groups excluding carboxylic acids is 1. The van der Waals surface area contributed by atoms with E-state index in [-0.39, 0.29) is 30.9 Å². The van der Waals surface area contributed by atoms with Gasteiger partial charge in [-0.15, -0.1) is 0 Å². The molecule has 3 aromatic rings. The van der Waals surface area contributed by atoms with Crippen LogP contribution in [-0.4, -0.2) is 54.3 Å². The molecule has 0 aromatic heterocycles. The molecule has 1 heterocycles. The fraction of sp³-hybridized carbons (Fsp3) is 0.394. The van der Waals surface area contributed by atoms with Crippen molar-refractivity contribution in [2.75, 3.05) is 37.5 Å². The molecule has 0 fully saturated rings. The van der Waals surface area contributed by atoms with Gasteiger partial charge in [-0.05, 0) is 79.2 Å². The van der Waals surface area contributed by atoms with E-state index in [1.54, 1.807) is 38.1 Å². The summed E-state index contributed by atoms with van der Waals surface area (Å²) < 4.78 is 19.3. The van der Waals surface area contributed by atoms with Crippen molar-refractivity contribution < 1.29 is 28.9 Å². The Balaban J connectivity index is 0.00000259. The van der Waals surface area contributed by atoms with Crippen molar-refractivity contribution in [2.24, 2.45) is 5.84 Å². The Hall–Kier alpha value is -3.93. The summed E-state index contributed by atoms with van der Waals surface area (Å²) in [5.41, 5.74) is 10.8. The highest BCUT2D eigenvalue weighted by Crippen LogP contribution is 2.41. The largest absolute Gasteiger partial charge is 0.488 e. The highest BCUT2D eigenvalue weighted by molar-refractivity contribution is 7.97. The second kappa shape index (κ2) is 16.2. The van der Waals surface area contributed by atoms with E-state index in [1.807, 2.05) is 44.2 Å². The van der Waals surface area contributed by atoms with Crippen molar-refractivity contribution in [1.29, 1.82) is 0 Å². The Bertz CT molecular complexity index is 1430. The van der Waals surface area contributed by atoms with Gasteiger partial charge in [-0.2, -0.15) is 0 Å². The number of esters is 1. The lowest BCUT2D eigenvalue weighted by Crippen LogP contribution is -2.27. The molecule has 0 spiro atoms. The minimum Gasteiger partial charge on any atom is -0.488 e. The Morgan fingerprint density at radius 3 is 2.57 bits per heavy atom. The number of nitrogens with zero attached hydrogens (tertiary/aromatic N) is 2. The summed E-state index contributed by atoms with van der Waals surface area (Å²) in [7, 11) is 1.59. The molecule has 44 heavy (non-hydrogen) atoms. The van der Waals surface area contributed by atoms with Gasteiger partial charge in [0.25, 0.3) is 0 Å². The van der Waals surface area contributed by atoms with Crippen LogP contribution in [0.25, 0.3) is 0 Å². The summed E-state index contributed by atoms with van der Waals surface area (Å²) in [4.78, 5) is 25.1. The number of aryl methyl sites for hydroxylation is 1. The Labute approximate surface area is 264 Å². The number of carboxylic acids is 1. The van der Waals surface area contributed by atoms with Crippen LogP contribution in [0.3, 0.4) is 0 Å². The standard InChI is InChI=1S/C31H38N4O6S.C2H6/c1-5-39-30(38)15-24(22-13-25(32)31(34(4)33)27(14-22)40-18-29(36)37)21-11-10-19(2)23(12-21)17-35-16-20(3)41-26-8-6-7-9-28(26)42-35;1-2/h6-14,20,24H,5,15-18,32-33H2,1-4H3,(H,36,37);1-2H3. The molecule has 0 bridgehead atoms. The van der Waals surface area contributed by atoms with Crippen molar-refractivity contribution in [2.45, 2.75) is 64.5 Å². The predicted molar refractivity (Wildman–Crippen MR) is 175 cm³/mol. The maximum atomic E-state index is 12.8. The molecule has 5 N–H and O–H groups in total. The number of ether oxygens (including phenoxy) is 3. The number of nitrogens with two attached hydrogens (primary N) is 2. The first-order valence-corrected chi connectivity index (χ1v) is 15.5. The van der Waals surface area contributed by atoms with Crippen LogP contribution >= 0.6 is 11.9 Å². The molecular weight excluding hydrogens is 580 g/mol. The number of rotatable bonds is 11. The average Bonchev–Trinajstić information content (AvgIpc) is 3.13. The Kier molecular flexibility index (Phi) is 12.7. The first-order chi connectivity index (χ1) is 21.0. The summed E-state index contributed by atoms with van der Waals surface area (Å²) in [6.45, 7) is 11.0. The molecule has 1 aliphatic rings. The number of aliphatic carboxylic acids is 1. The molecule has 1 aliphatic heterocycles. The minimum absolute atomic E-state index is 0.00703. The number of anilines is 2. The molecule has 4 rings (SSSR count). The second-order valence-electron chi connectivity index (χ2n) is 10.3. The van der Waals surface area contributed by atoms with Crippen molar-refractivity contribution in [3.63, 3.8) is 0 Å². The Morgan fingerprint density at radius 2 is 1.89 bits per heavy atom. The lowest BCUT2D eigenvalue weighted by atomic mass is 9.86. The van der Waals surface area contributed by atoms with Gasteiger partial charge in [0.15, 0.2) is 6.61 Å². The van der Waals surface area contributed by atoms with Gasteiger partial charge in [0.05, 0.1) is 23.6 Å². The second-order valence-corrected chi connectivity index (χ2v) is 11.4. The van der Waals surface area contributed by atoms with Crippen molar-refractivity contribution in [3.8, 4) is 11.5 Å². The van der Waals surface area contributed by atoms with Gasteiger partial charge in [0.1, 0.15) is 23.3 Å². The first kappa shape index (κ1) is 34.6. The normalized spacial score (nSPS) is 15.0. The molecule has 2 unspecified atom stereocenters. The number of nitrogen functional groups attached to an aromatic ring is 1. The fourth-order valence-corrected chi connectivity index (χ4v) is 6.11. The van der Waals surface area contributed by atoms with Crippen molar-refractivity contribution in [3.05, 3.63) is 76.9 Å². The number of hydrazine groups is 1. The monoisotopic (exact) mass is 624 g/mol. The molecule has 3 aromatic carbocycles. The van der Waals surface area contributed by atoms with Crippen LogP contribution in [0.2, 0.25) is 0 Å². The highest BCUT2D eigenvalue weighted by atomic mass is 32.2. The lowest BCUT2D eigenvalue weighted by Gasteiger charge is -2.25. The molecule has 0 radical (unpaired) electrons.